The number of sulfonamides is 1. The van der Waals surface area contributed by atoms with E-state index >= 15 is 0 Å². The van der Waals surface area contributed by atoms with Crippen LogP contribution in [0.1, 0.15) is 44.7 Å². The Morgan fingerprint density at radius 1 is 1.06 bits per heavy atom. The molecular weight excluding hydrogens is 466 g/mol. The van der Waals surface area contributed by atoms with E-state index in [2.05, 4.69) is 5.32 Å². The lowest BCUT2D eigenvalue weighted by Gasteiger charge is -2.32. The van der Waals surface area contributed by atoms with E-state index in [1.807, 2.05) is 38.1 Å². The number of unbranched alkanes of at least 4 members (excludes halogenated alkanes) is 1. The van der Waals surface area contributed by atoms with Crippen LogP contribution in [0.3, 0.4) is 0 Å². The normalized spacial score (nSPS) is 12.0. The van der Waals surface area contributed by atoms with Crippen molar-refractivity contribution in [3.8, 4) is 5.75 Å². The zero-order valence-electron chi connectivity index (χ0n) is 21.3. The first kappa shape index (κ1) is 28.2. The van der Waals surface area contributed by atoms with Crippen LogP contribution in [0.2, 0.25) is 0 Å². The average Bonchev–Trinajstić information content (AvgIpc) is 2.81. The number of benzene rings is 2. The van der Waals surface area contributed by atoms with Crippen molar-refractivity contribution in [3.63, 3.8) is 0 Å². The molecule has 1 unspecified atom stereocenters. The average molecular weight is 504 g/mol. The summed E-state index contributed by atoms with van der Waals surface area (Å²) in [5, 5.41) is 2.87. The highest BCUT2D eigenvalue weighted by molar-refractivity contribution is 7.92. The van der Waals surface area contributed by atoms with Crippen molar-refractivity contribution in [2.45, 2.75) is 53.1 Å². The summed E-state index contributed by atoms with van der Waals surface area (Å²) >= 11 is 0. The van der Waals surface area contributed by atoms with E-state index in [-0.39, 0.29) is 18.1 Å². The molecule has 1 N–H and O–H groups in total. The summed E-state index contributed by atoms with van der Waals surface area (Å²) in [5.41, 5.74) is 2.20. The van der Waals surface area contributed by atoms with Gasteiger partial charge >= 0.3 is 0 Å². The maximum Gasteiger partial charge on any atom is 0.244 e. The van der Waals surface area contributed by atoms with E-state index in [4.69, 9.17) is 4.74 Å². The monoisotopic (exact) mass is 503 g/mol. The third kappa shape index (κ3) is 8.28. The van der Waals surface area contributed by atoms with Crippen LogP contribution < -0.4 is 14.4 Å². The fraction of sp³-hybridized carbons (Fsp3) is 0.462. The predicted octanol–water partition coefficient (Wildman–Crippen LogP) is 3.49. The summed E-state index contributed by atoms with van der Waals surface area (Å²) in [7, 11) is -3.82. The summed E-state index contributed by atoms with van der Waals surface area (Å²) in [5.74, 6) is -0.399. The first-order chi connectivity index (χ1) is 16.6. The van der Waals surface area contributed by atoms with Gasteiger partial charge in [0.1, 0.15) is 18.3 Å². The number of ether oxygens (including phenoxy) is 1. The van der Waals surface area contributed by atoms with E-state index in [0.29, 0.717) is 18.9 Å². The molecule has 2 aromatic carbocycles. The number of nitrogens with zero attached hydrogens (tertiary/aromatic N) is 2. The molecule has 0 saturated carbocycles. The molecule has 9 heteroatoms. The highest BCUT2D eigenvalue weighted by atomic mass is 32.2. The molecule has 0 heterocycles. The highest BCUT2D eigenvalue weighted by Gasteiger charge is 2.31. The van der Waals surface area contributed by atoms with Crippen LogP contribution >= 0.6 is 0 Å². The number of para-hydroxylation sites is 2. The van der Waals surface area contributed by atoms with Crippen LogP contribution in [0.25, 0.3) is 0 Å². The lowest BCUT2D eigenvalue weighted by molar-refractivity contribution is -0.139. The van der Waals surface area contributed by atoms with Gasteiger partial charge in [0.2, 0.25) is 21.8 Å². The van der Waals surface area contributed by atoms with Crippen molar-refractivity contribution in [1.82, 2.24) is 10.2 Å². The quantitative estimate of drug-likeness (QED) is 0.422. The second-order valence-corrected chi connectivity index (χ2v) is 10.4. The Balaban J connectivity index is 2.38. The number of aryl methyl sites for hydroxylation is 1. The molecule has 2 rings (SSSR count). The summed E-state index contributed by atoms with van der Waals surface area (Å²) in [6, 6.07) is 13.6. The number of nitrogens with one attached hydrogen (secondary N) is 1. The van der Waals surface area contributed by atoms with Crippen molar-refractivity contribution >= 4 is 27.5 Å². The van der Waals surface area contributed by atoms with Gasteiger partial charge in [-0.2, -0.15) is 0 Å². The first-order valence-electron chi connectivity index (χ1n) is 11.9. The van der Waals surface area contributed by atoms with Crippen LogP contribution in [0, 0.1) is 6.92 Å². The lowest BCUT2D eigenvalue weighted by atomic mass is 10.1. The first-order valence-corrected chi connectivity index (χ1v) is 13.8. The molecule has 2 amide bonds. The van der Waals surface area contributed by atoms with Gasteiger partial charge in [-0.25, -0.2) is 8.42 Å². The molecule has 8 nitrogen and oxygen atoms in total. The minimum Gasteiger partial charge on any atom is -0.492 e. The van der Waals surface area contributed by atoms with Crippen LogP contribution in [0.4, 0.5) is 5.69 Å². The molecule has 0 spiro atoms. The van der Waals surface area contributed by atoms with Crippen molar-refractivity contribution < 1.29 is 22.7 Å². The lowest BCUT2D eigenvalue weighted by Crippen LogP contribution is -2.51. The number of carbonyl (C=O) groups excluding carboxylic acids is 2. The largest absolute Gasteiger partial charge is 0.492 e. The van der Waals surface area contributed by atoms with Gasteiger partial charge in [-0.3, -0.25) is 13.9 Å². The number of amides is 2. The van der Waals surface area contributed by atoms with Crippen LogP contribution in [-0.4, -0.2) is 57.1 Å². The van der Waals surface area contributed by atoms with Gasteiger partial charge < -0.3 is 15.0 Å². The molecule has 2 aromatic rings. The number of hydrogen-bond donors (Lipinski definition) is 1. The topological polar surface area (TPSA) is 96.0 Å². The van der Waals surface area contributed by atoms with E-state index in [9.17, 15) is 18.0 Å². The van der Waals surface area contributed by atoms with Gasteiger partial charge in [-0.15, -0.1) is 0 Å². The zero-order valence-corrected chi connectivity index (χ0v) is 22.1. The number of rotatable bonds is 13. The van der Waals surface area contributed by atoms with Gasteiger partial charge in [-0.05, 0) is 44.9 Å². The molecule has 1 atom stereocenters. The van der Waals surface area contributed by atoms with E-state index in [0.717, 1.165) is 34.5 Å². The maximum atomic E-state index is 13.6. The summed E-state index contributed by atoms with van der Waals surface area (Å²) in [6.45, 7) is 8.04. The molecular formula is C26H37N3O5S. The Morgan fingerprint density at radius 3 is 2.31 bits per heavy atom. The Kier molecular flexibility index (Phi) is 10.6. The molecule has 0 bridgehead atoms. The van der Waals surface area contributed by atoms with Gasteiger partial charge in [0.05, 0.1) is 18.6 Å². The second-order valence-electron chi connectivity index (χ2n) is 8.50. The van der Waals surface area contributed by atoms with Crippen LogP contribution in [0.5, 0.6) is 5.75 Å². The minimum atomic E-state index is -3.82. The van der Waals surface area contributed by atoms with Crippen molar-refractivity contribution in [2.75, 3.05) is 30.3 Å². The molecule has 0 aromatic heterocycles. The number of anilines is 1. The number of hydrogen-bond acceptors (Lipinski definition) is 5. The molecule has 0 radical (unpaired) electrons. The Hall–Kier alpha value is -3.07. The molecule has 0 aliphatic carbocycles. The second kappa shape index (κ2) is 13.1. The van der Waals surface area contributed by atoms with Crippen molar-refractivity contribution in [2.24, 2.45) is 0 Å². The third-order valence-corrected chi connectivity index (χ3v) is 6.71. The standard InChI is InChI=1S/C26H37N3O5S/c1-6-8-17-27-26(31)21(4)28(18-22-15-13-20(3)14-16-22)25(30)19-29(35(5,32)33)23-11-9-10-12-24(23)34-7-2/h9-16,21H,6-8,17-19H2,1-5H3,(H,27,31). The summed E-state index contributed by atoms with van der Waals surface area (Å²) < 4.78 is 32.1. The van der Waals surface area contributed by atoms with E-state index < -0.39 is 28.5 Å². The van der Waals surface area contributed by atoms with Crippen molar-refractivity contribution in [1.29, 1.82) is 0 Å². The summed E-state index contributed by atoms with van der Waals surface area (Å²) in [4.78, 5) is 27.9. The van der Waals surface area contributed by atoms with Gasteiger partial charge in [0, 0.05) is 13.1 Å². The van der Waals surface area contributed by atoms with Gasteiger partial charge in [0.25, 0.3) is 0 Å². The van der Waals surface area contributed by atoms with Crippen LogP contribution in [-0.2, 0) is 26.2 Å². The Morgan fingerprint density at radius 2 is 1.71 bits per heavy atom. The molecule has 192 valence electrons. The molecule has 0 fully saturated rings. The summed E-state index contributed by atoms with van der Waals surface area (Å²) in [6.07, 6.45) is 2.82. The number of carbonyl (C=O) groups is 2. The van der Waals surface area contributed by atoms with Gasteiger partial charge in [-0.1, -0.05) is 55.3 Å². The fourth-order valence-electron chi connectivity index (χ4n) is 3.54. The molecule has 0 aliphatic heterocycles. The Labute approximate surface area is 209 Å². The maximum absolute atomic E-state index is 13.6. The molecule has 0 saturated heterocycles. The molecule has 0 aliphatic rings. The van der Waals surface area contributed by atoms with Crippen LogP contribution in [0.15, 0.2) is 48.5 Å². The Bertz CT molecular complexity index is 1090. The fourth-order valence-corrected chi connectivity index (χ4v) is 4.40. The zero-order chi connectivity index (χ0) is 26.0. The SMILES string of the molecule is CCCCNC(=O)C(C)N(Cc1ccc(C)cc1)C(=O)CN(c1ccccc1OCC)S(C)(=O)=O. The minimum absolute atomic E-state index is 0.173. The third-order valence-electron chi connectivity index (χ3n) is 5.58. The van der Waals surface area contributed by atoms with Gasteiger partial charge in [0.15, 0.2) is 0 Å². The highest BCUT2D eigenvalue weighted by Crippen LogP contribution is 2.30. The van der Waals surface area contributed by atoms with E-state index in [1.165, 1.54) is 4.90 Å². The predicted molar refractivity (Wildman–Crippen MR) is 139 cm³/mol. The van der Waals surface area contributed by atoms with E-state index in [1.54, 1.807) is 38.1 Å². The molecule has 35 heavy (non-hydrogen) atoms. The van der Waals surface area contributed by atoms with Crippen molar-refractivity contribution in [3.05, 3.63) is 59.7 Å². The smallest absolute Gasteiger partial charge is 0.244 e.